The highest BCUT2D eigenvalue weighted by Gasteiger charge is 2.58. The van der Waals surface area contributed by atoms with Crippen molar-refractivity contribution in [1.29, 1.82) is 0 Å². The lowest BCUT2D eigenvalue weighted by Crippen LogP contribution is -2.67. The van der Waals surface area contributed by atoms with Gasteiger partial charge in [0.2, 0.25) is 0 Å². The van der Waals surface area contributed by atoms with Crippen molar-refractivity contribution in [3.05, 3.63) is 11.1 Å². The van der Waals surface area contributed by atoms with Crippen molar-refractivity contribution < 1.29 is 19.8 Å². The molecule has 4 atom stereocenters. The van der Waals surface area contributed by atoms with Crippen molar-refractivity contribution in [2.75, 3.05) is 13.2 Å². The van der Waals surface area contributed by atoms with Crippen LogP contribution in [0.2, 0.25) is 0 Å². The van der Waals surface area contributed by atoms with Crippen molar-refractivity contribution in [2.45, 2.75) is 90.3 Å². The number of carbonyl (C=O) groups excluding carboxylic acids is 1. The van der Waals surface area contributed by atoms with Gasteiger partial charge < -0.3 is 15.1 Å². The molecule has 0 spiro atoms. The number of amides is 1. The number of carboxylic acid groups (broad SMARTS) is 1. The standard InChI is InChI=1S/C24H38N2O4/c1-15-7-12-20(25-13-15)26-21(17-10-8-16(14-27)9-11-17)24(2,23(29)30)19-6-4-3-5-18(19)22(26)28/h15-17,20-21,25,27H,3-14H2,1-2H3,(H,29,30)/t15?,16?,17?,20?,21-,24-/m0/s1. The van der Waals surface area contributed by atoms with E-state index in [1.165, 1.54) is 0 Å². The Balaban J connectivity index is 1.76. The zero-order valence-electron chi connectivity index (χ0n) is 18.5. The van der Waals surface area contributed by atoms with E-state index in [1.54, 1.807) is 0 Å². The monoisotopic (exact) mass is 418 g/mol. The van der Waals surface area contributed by atoms with E-state index >= 15 is 0 Å². The maximum Gasteiger partial charge on any atom is 0.315 e. The summed E-state index contributed by atoms with van der Waals surface area (Å²) in [5.74, 6) is 0.352. The van der Waals surface area contributed by atoms with Gasteiger partial charge in [0, 0.05) is 12.2 Å². The summed E-state index contributed by atoms with van der Waals surface area (Å²) < 4.78 is 0. The minimum Gasteiger partial charge on any atom is -0.481 e. The first-order valence-corrected chi connectivity index (χ1v) is 12.0. The van der Waals surface area contributed by atoms with E-state index < -0.39 is 11.4 Å². The number of carboxylic acids is 1. The summed E-state index contributed by atoms with van der Waals surface area (Å²) in [6.07, 6.45) is 8.83. The zero-order chi connectivity index (χ0) is 21.5. The van der Waals surface area contributed by atoms with Crippen molar-refractivity contribution >= 4 is 11.9 Å². The minimum absolute atomic E-state index is 0.0797. The second-order valence-electron chi connectivity index (χ2n) is 10.4. The van der Waals surface area contributed by atoms with Gasteiger partial charge in [0.15, 0.2) is 0 Å². The number of nitrogens with zero attached hydrogens (tertiary/aromatic N) is 1. The first-order valence-electron chi connectivity index (χ1n) is 12.0. The molecule has 1 saturated heterocycles. The predicted molar refractivity (Wildman–Crippen MR) is 115 cm³/mol. The average molecular weight is 419 g/mol. The molecule has 6 nitrogen and oxygen atoms in total. The molecule has 2 aliphatic carbocycles. The SMILES string of the molecule is CC1CCC(N2C(=O)C3=C(CCCC3)[C@](C)(C(=O)O)[C@@H]2C2CCC(CO)CC2)NC1. The maximum atomic E-state index is 13.8. The molecule has 3 N–H and O–H groups in total. The zero-order valence-corrected chi connectivity index (χ0v) is 18.5. The Kier molecular flexibility index (Phi) is 6.27. The second kappa shape index (κ2) is 8.62. The summed E-state index contributed by atoms with van der Waals surface area (Å²) in [5.41, 5.74) is 0.665. The quantitative estimate of drug-likeness (QED) is 0.652. The Hall–Kier alpha value is -1.40. The van der Waals surface area contributed by atoms with Crippen LogP contribution in [0.1, 0.15) is 78.1 Å². The summed E-state index contributed by atoms with van der Waals surface area (Å²) in [6.45, 7) is 5.18. The van der Waals surface area contributed by atoms with Gasteiger partial charge in [0.25, 0.3) is 5.91 Å². The Morgan fingerprint density at radius 2 is 1.83 bits per heavy atom. The first-order chi connectivity index (χ1) is 14.4. The number of piperidine rings is 1. The topological polar surface area (TPSA) is 89.9 Å². The number of rotatable bonds is 4. The highest BCUT2D eigenvalue weighted by molar-refractivity contribution is 5.99. The van der Waals surface area contributed by atoms with E-state index in [9.17, 15) is 19.8 Å². The number of aliphatic hydroxyl groups excluding tert-OH is 1. The lowest BCUT2D eigenvalue weighted by molar-refractivity contribution is -0.160. The molecule has 0 radical (unpaired) electrons. The van der Waals surface area contributed by atoms with Gasteiger partial charge in [-0.25, -0.2) is 0 Å². The lowest BCUT2D eigenvalue weighted by atomic mass is 9.60. The fourth-order valence-electron chi connectivity index (χ4n) is 6.65. The summed E-state index contributed by atoms with van der Waals surface area (Å²) in [4.78, 5) is 28.7. The van der Waals surface area contributed by atoms with Crippen molar-refractivity contribution in [3.63, 3.8) is 0 Å². The molecule has 4 rings (SSSR count). The van der Waals surface area contributed by atoms with Crippen LogP contribution in [0.3, 0.4) is 0 Å². The van der Waals surface area contributed by atoms with Crippen LogP contribution in [0.4, 0.5) is 0 Å². The van der Waals surface area contributed by atoms with E-state index in [4.69, 9.17) is 0 Å². The molecule has 30 heavy (non-hydrogen) atoms. The summed E-state index contributed by atoms with van der Waals surface area (Å²) in [7, 11) is 0. The fraction of sp³-hybridized carbons (Fsp3) is 0.833. The first kappa shape index (κ1) is 21.8. The molecule has 0 aromatic rings. The van der Waals surface area contributed by atoms with Crippen LogP contribution in [0.25, 0.3) is 0 Å². The van der Waals surface area contributed by atoms with Crippen LogP contribution in [-0.4, -0.2) is 52.3 Å². The lowest BCUT2D eigenvalue weighted by Gasteiger charge is -2.55. The van der Waals surface area contributed by atoms with Crippen LogP contribution in [0.5, 0.6) is 0 Å². The highest BCUT2D eigenvalue weighted by Crippen LogP contribution is 2.52. The number of aliphatic hydroxyl groups is 1. The van der Waals surface area contributed by atoms with Gasteiger partial charge in [-0.15, -0.1) is 0 Å². The number of carbonyl (C=O) groups is 2. The predicted octanol–water partition coefficient (Wildman–Crippen LogP) is 3.30. The van der Waals surface area contributed by atoms with E-state index in [2.05, 4.69) is 12.2 Å². The van der Waals surface area contributed by atoms with E-state index in [0.29, 0.717) is 18.3 Å². The smallest absolute Gasteiger partial charge is 0.315 e. The normalized spacial score (nSPS) is 40.3. The van der Waals surface area contributed by atoms with Crippen molar-refractivity contribution in [3.8, 4) is 0 Å². The van der Waals surface area contributed by atoms with E-state index in [-0.39, 0.29) is 30.6 Å². The van der Waals surface area contributed by atoms with E-state index in [0.717, 1.165) is 75.5 Å². The number of hydrogen-bond donors (Lipinski definition) is 3. The minimum atomic E-state index is -1.02. The molecular weight excluding hydrogens is 380 g/mol. The fourth-order valence-corrected chi connectivity index (χ4v) is 6.65. The highest BCUT2D eigenvalue weighted by atomic mass is 16.4. The van der Waals surface area contributed by atoms with Gasteiger partial charge in [-0.2, -0.15) is 0 Å². The van der Waals surface area contributed by atoms with Crippen LogP contribution in [-0.2, 0) is 9.59 Å². The largest absolute Gasteiger partial charge is 0.481 e. The third-order valence-electron chi connectivity index (χ3n) is 8.49. The van der Waals surface area contributed by atoms with Crippen molar-refractivity contribution in [2.24, 2.45) is 23.2 Å². The van der Waals surface area contributed by atoms with Gasteiger partial charge >= 0.3 is 5.97 Å². The Morgan fingerprint density at radius 3 is 2.43 bits per heavy atom. The average Bonchev–Trinajstić information content (AvgIpc) is 2.77. The molecule has 0 aromatic carbocycles. The molecule has 4 aliphatic rings. The number of nitrogens with one attached hydrogen (secondary N) is 1. The maximum absolute atomic E-state index is 13.8. The van der Waals surface area contributed by atoms with Crippen LogP contribution in [0.15, 0.2) is 11.1 Å². The van der Waals surface area contributed by atoms with Gasteiger partial charge in [-0.05, 0) is 101 Å². The molecule has 2 heterocycles. The summed E-state index contributed by atoms with van der Waals surface area (Å²) >= 11 is 0. The number of hydrogen-bond acceptors (Lipinski definition) is 4. The molecule has 1 amide bonds. The van der Waals surface area contributed by atoms with Gasteiger partial charge in [0.05, 0.1) is 12.2 Å². The van der Waals surface area contributed by atoms with Gasteiger partial charge in [-0.1, -0.05) is 6.92 Å². The van der Waals surface area contributed by atoms with Gasteiger partial charge in [-0.3, -0.25) is 14.9 Å². The van der Waals surface area contributed by atoms with Crippen LogP contribution < -0.4 is 5.32 Å². The van der Waals surface area contributed by atoms with E-state index in [1.807, 2.05) is 11.8 Å². The molecular formula is C24H38N2O4. The second-order valence-corrected chi connectivity index (χ2v) is 10.4. The third-order valence-corrected chi connectivity index (χ3v) is 8.49. The van der Waals surface area contributed by atoms with Crippen LogP contribution in [0, 0.1) is 23.2 Å². The molecule has 168 valence electrons. The summed E-state index contributed by atoms with van der Waals surface area (Å²) in [6, 6.07) is -0.315. The molecule has 6 heteroatoms. The molecule has 0 aromatic heterocycles. The molecule has 2 unspecified atom stereocenters. The van der Waals surface area contributed by atoms with Crippen molar-refractivity contribution in [1.82, 2.24) is 10.2 Å². The number of aliphatic carboxylic acids is 1. The molecule has 1 saturated carbocycles. The van der Waals surface area contributed by atoms with Gasteiger partial charge in [0.1, 0.15) is 5.41 Å². The molecule has 0 bridgehead atoms. The van der Waals surface area contributed by atoms with Crippen LogP contribution >= 0.6 is 0 Å². The molecule has 2 fully saturated rings. The Labute approximate surface area is 180 Å². The molecule has 2 aliphatic heterocycles. The third kappa shape index (κ3) is 3.60. The Bertz CT molecular complexity index is 704. The Morgan fingerprint density at radius 1 is 1.13 bits per heavy atom. The summed E-state index contributed by atoms with van der Waals surface area (Å²) in [5, 5.41) is 23.7.